The Kier molecular flexibility index (Phi) is 16.8. The standard InChI is InChI=1S/C4H10P.Na/c1-3-5-4-2;/h3-4H2,1-2H3;/q-1;+1. The minimum absolute atomic E-state index is 0. The fraction of sp³-hybridized carbons (Fsp3) is 1.00. The van der Waals surface area contributed by atoms with Gasteiger partial charge >= 0.3 is 29.6 Å². The molecule has 0 unspecified atom stereocenters. The van der Waals surface area contributed by atoms with Crippen LogP contribution in [0, 0.1) is 0 Å². The molecular weight excluding hydrogens is 102 g/mol. The summed E-state index contributed by atoms with van der Waals surface area (Å²) in [6, 6.07) is 0. The van der Waals surface area contributed by atoms with Crippen molar-refractivity contribution < 1.29 is 29.6 Å². The van der Waals surface area contributed by atoms with Crippen molar-refractivity contribution in [2.75, 3.05) is 12.3 Å². The van der Waals surface area contributed by atoms with E-state index >= 15 is 0 Å². The molecule has 0 aromatic carbocycles. The first-order valence-corrected chi connectivity index (χ1v) is 3.31. The van der Waals surface area contributed by atoms with E-state index in [9.17, 15) is 0 Å². The molecule has 32 valence electrons. The van der Waals surface area contributed by atoms with Gasteiger partial charge in [-0.2, -0.15) is 12.3 Å². The summed E-state index contributed by atoms with van der Waals surface area (Å²) >= 11 is 0. The molecule has 0 spiro atoms. The zero-order chi connectivity index (χ0) is 4.12. The Hall–Kier alpha value is 1.43. The van der Waals surface area contributed by atoms with Crippen LogP contribution in [-0.4, -0.2) is 12.3 Å². The molecule has 0 saturated heterocycles. The van der Waals surface area contributed by atoms with Crippen LogP contribution in [0.15, 0.2) is 0 Å². The molecule has 0 aromatic rings. The molecule has 0 aliphatic carbocycles. The maximum atomic E-state index is 2.20. The Morgan fingerprint density at radius 3 is 1.50 bits per heavy atom. The van der Waals surface area contributed by atoms with Crippen LogP contribution in [0.4, 0.5) is 0 Å². The van der Waals surface area contributed by atoms with Gasteiger partial charge in [0, 0.05) is 0 Å². The van der Waals surface area contributed by atoms with Crippen molar-refractivity contribution in [3.63, 3.8) is 0 Å². The predicted molar refractivity (Wildman–Crippen MR) is 28.0 cm³/mol. The molecule has 0 N–H and O–H groups in total. The molecule has 0 aliphatic rings. The molecular formula is C4H10NaP. The van der Waals surface area contributed by atoms with Gasteiger partial charge in [-0.1, -0.05) is 13.8 Å². The minimum atomic E-state index is 0. The summed E-state index contributed by atoms with van der Waals surface area (Å²) in [4.78, 5) is 0. The first kappa shape index (κ1) is 10.4. The van der Waals surface area contributed by atoms with Crippen LogP contribution in [0.2, 0.25) is 0 Å². The molecule has 0 rings (SSSR count). The summed E-state index contributed by atoms with van der Waals surface area (Å²) in [5.74, 6) is 0. The van der Waals surface area contributed by atoms with Gasteiger partial charge in [0.2, 0.25) is 0 Å². The third kappa shape index (κ3) is 9.06. The molecule has 2 heteroatoms. The summed E-state index contributed by atoms with van der Waals surface area (Å²) in [6.45, 7) is 4.40. The fourth-order valence-electron chi connectivity index (χ4n) is 0.224. The molecule has 0 nitrogen and oxygen atoms in total. The van der Waals surface area contributed by atoms with E-state index in [-0.39, 0.29) is 29.6 Å². The summed E-state index contributed by atoms with van der Waals surface area (Å²) in [5, 5.41) is 0. The Bertz CT molecular complexity index is 15.0. The second-order valence-corrected chi connectivity index (χ2v) is 2.57. The zero-order valence-electron chi connectivity index (χ0n) is 4.86. The van der Waals surface area contributed by atoms with Crippen molar-refractivity contribution in [3.8, 4) is 0 Å². The normalized spacial score (nSPS) is 7.00. The van der Waals surface area contributed by atoms with E-state index in [2.05, 4.69) is 13.8 Å². The van der Waals surface area contributed by atoms with E-state index in [4.69, 9.17) is 0 Å². The van der Waals surface area contributed by atoms with Gasteiger partial charge in [0.25, 0.3) is 0 Å². The van der Waals surface area contributed by atoms with Crippen molar-refractivity contribution in [1.29, 1.82) is 0 Å². The molecule has 0 radical (unpaired) electrons. The first-order chi connectivity index (χ1) is 2.41. The van der Waals surface area contributed by atoms with Crippen LogP contribution >= 0.6 is 8.58 Å². The Morgan fingerprint density at radius 2 is 1.50 bits per heavy atom. The fourth-order valence-corrected chi connectivity index (χ4v) is 0.671. The summed E-state index contributed by atoms with van der Waals surface area (Å²) < 4.78 is 0. The maximum absolute atomic E-state index is 2.20. The largest absolute Gasteiger partial charge is 1.00 e. The molecule has 0 fully saturated rings. The average Bonchev–Trinajstić information content (AvgIpc) is 1.41. The Balaban J connectivity index is 0. The van der Waals surface area contributed by atoms with Crippen molar-refractivity contribution >= 4 is 8.58 Å². The molecule has 0 aliphatic heterocycles. The molecule has 0 aromatic heterocycles. The van der Waals surface area contributed by atoms with E-state index in [1.54, 1.807) is 8.58 Å². The zero-order valence-corrected chi connectivity index (χ0v) is 7.76. The SMILES string of the molecule is CC[P-]CC.[Na+]. The Labute approximate surface area is 64.2 Å². The van der Waals surface area contributed by atoms with Gasteiger partial charge in [-0.15, -0.1) is 0 Å². The van der Waals surface area contributed by atoms with Gasteiger partial charge < -0.3 is 8.58 Å². The van der Waals surface area contributed by atoms with E-state index in [1.165, 1.54) is 12.3 Å². The number of hydrogen-bond acceptors (Lipinski definition) is 0. The van der Waals surface area contributed by atoms with Crippen molar-refractivity contribution in [1.82, 2.24) is 0 Å². The minimum Gasteiger partial charge on any atom is -0.541 e. The van der Waals surface area contributed by atoms with Gasteiger partial charge in [-0.25, -0.2) is 0 Å². The maximum Gasteiger partial charge on any atom is 1.00 e. The van der Waals surface area contributed by atoms with E-state index < -0.39 is 0 Å². The van der Waals surface area contributed by atoms with E-state index in [1.807, 2.05) is 0 Å². The second kappa shape index (κ2) is 9.66. The third-order valence-electron chi connectivity index (χ3n) is 0.447. The predicted octanol–water partition coefficient (Wildman–Crippen LogP) is -1.02. The van der Waals surface area contributed by atoms with Gasteiger partial charge in [0.1, 0.15) is 0 Å². The number of hydrogen-bond donors (Lipinski definition) is 0. The molecule has 0 amide bonds. The second-order valence-electron chi connectivity index (χ2n) is 0.856. The van der Waals surface area contributed by atoms with E-state index in [0.717, 1.165) is 0 Å². The summed E-state index contributed by atoms with van der Waals surface area (Å²) in [5.41, 5.74) is 0. The third-order valence-corrected chi connectivity index (χ3v) is 1.34. The molecule has 0 bridgehead atoms. The van der Waals surface area contributed by atoms with Gasteiger partial charge in [0.05, 0.1) is 0 Å². The van der Waals surface area contributed by atoms with Crippen molar-refractivity contribution in [2.24, 2.45) is 0 Å². The van der Waals surface area contributed by atoms with Crippen LogP contribution in [0.5, 0.6) is 0 Å². The summed E-state index contributed by atoms with van der Waals surface area (Å²) in [7, 11) is 1.58. The van der Waals surface area contributed by atoms with Crippen LogP contribution in [0.3, 0.4) is 0 Å². The van der Waals surface area contributed by atoms with Gasteiger partial charge in [-0.3, -0.25) is 0 Å². The van der Waals surface area contributed by atoms with Crippen molar-refractivity contribution in [3.05, 3.63) is 0 Å². The molecule has 0 heterocycles. The van der Waals surface area contributed by atoms with Crippen LogP contribution in [-0.2, 0) is 0 Å². The summed E-state index contributed by atoms with van der Waals surface area (Å²) in [6.07, 6.45) is 2.63. The van der Waals surface area contributed by atoms with Crippen LogP contribution in [0.25, 0.3) is 0 Å². The molecule has 0 saturated carbocycles. The van der Waals surface area contributed by atoms with Crippen molar-refractivity contribution in [2.45, 2.75) is 13.8 Å². The van der Waals surface area contributed by atoms with E-state index in [0.29, 0.717) is 0 Å². The first-order valence-electron chi connectivity index (χ1n) is 2.05. The molecule has 0 atom stereocenters. The van der Waals surface area contributed by atoms with Gasteiger partial charge in [0.15, 0.2) is 0 Å². The average molecular weight is 112 g/mol. The Morgan fingerprint density at radius 1 is 1.17 bits per heavy atom. The van der Waals surface area contributed by atoms with Gasteiger partial charge in [-0.05, 0) is 0 Å². The number of rotatable bonds is 2. The quantitative estimate of drug-likeness (QED) is 0.317. The van der Waals surface area contributed by atoms with Crippen LogP contribution < -0.4 is 29.6 Å². The monoisotopic (exact) mass is 112 g/mol. The smallest absolute Gasteiger partial charge is 0.541 e. The van der Waals surface area contributed by atoms with Crippen LogP contribution in [0.1, 0.15) is 13.8 Å². The molecule has 6 heavy (non-hydrogen) atoms. The topological polar surface area (TPSA) is 0 Å².